The van der Waals surface area contributed by atoms with Crippen molar-refractivity contribution in [2.75, 3.05) is 0 Å². The van der Waals surface area contributed by atoms with E-state index in [0.29, 0.717) is 0 Å². The van der Waals surface area contributed by atoms with E-state index in [1.54, 1.807) is 0 Å². The molecule has 0 fully saturated rings. The summed E-state index contributed by atoms with van der Waals surface area (Å²) in [6, 6.07) is 102. The third-order valence-electron chi connectivity index (χ3n) is 18.3. The molecule has 354 valence electrons. The maximum absolute atomic E-state index is 2.69. The first-order chi connectivity index (χ1) is 38.8. The molecule has 0 aliphatic carbocycles. The van der Waals surface area contributed by atoms with Crippen LogP contribution in [-0.2, 0) is 0 Å². The zero-order valence-electron chi connectivity index (χ0n) is 42.6. The normalized spacial score (nSPS) is 12.8. The molecule has 0 amide bonds. The summed E-state index contributed by atoms with van der Waals surface area (Å²) in [6.07, 6.45) is 0. The molecule has 4 aliphatic rings. The lowest BCUT2D eigenvalue weighted by atomic mass is 9.34. The topological polar surface area (TPSA) is 0 Å². The van der Waals surface area contributed by atoms with Crippen LogP contribution in [0.2, 0.25) is 0 Å². The average Bonchev–Trinajstić information content (AvgIpc) is 3.96. The maximum atomic E-state index is 2.69. The van der Waals surface area contributed by atoms with E-state index in [0.717, 1.165) is 0 Å². The van der Waals surface area contributed by atoms with Crippen LogP contribution < -0.4 is 32.8 Å². The van der Waals surface area contributed by atoms with Gasteiger partial charge in [-0.1, -0.05) is 288 Å². The minimum atomic E-state index is 0.0664. The molecule has 4 heterocycles. The number of hydrogen-bond donors (Lipinski definition) is 0. The summed E-state index contributed by atoms with van der Waals surface area (Å²) >= 11 is 0. The summed E-state index contributed by atoms with van der Waals surface area (Å²) < 4.78 is 0. The van der Waals surface area contributed by atoms with Gasteiger partial charge in [0, 0.05) is 0 Å². The first kappa shape index (κ1) is 42.5. The van der Waals surface area contributed by atoms with Gasteiger partial charge in [-0.25, -0.2) is 0 Å². The Hall–Kier alpha value is -9.75. The highest BCUT2D eigenvalue weighted by molar-refractivity contribution is 7.03. The highest BCUT2D eigenvalue weighted by Crippen LogP contribution is 2.54. The largest absolute Gasteiger partial charge is 0.244 e. The predicted octanol–water partition coefficient (Wildman–Crippen LogP) is 15.5. The van der Waals surface area contributed by atoms with E-state index >= 15 is 0 Å². The number of benzene rings is 14. The van der Waals surface area contributed by atoms with Crippen LogP contribution in [0.25, 0.3) is 144 Å². The van der Waals surface area contributed by atoms with E-state index in [4.69, 9.17) is 0 Å². The molecule has 0 saturated carbocycles. The Kier molecular flexibility index (Phi) is 8.66. The second-order valence-electron chi connectivity index (χ2n) is 22.0. The molecule has 18 rings (SSSR count). The Labute approximate surface area is 454 Å². The zero-order chi connectivity index (χ0) is 50.7. The molecule has 0 unspecified atom stereocenters. The maximum Gasteiger partial charge on any atom is 0.244 e. The first-order valence-electron chi connectivity index (χ1n) is 27.6. The Morgan fingerprint density at radius 1 is 0.179 bits per heavy atom. The minimum Gasteiger partial charge on any atom is -0.0664 e. The van der Waals surface area contributed by atoms with Crippen molar-refractivity contribution < 1.29 is 0 Å². The fourth-order valence-corrected chi connectivity index (χ4v) is 15.3. The van der Waals surface area contributed by atoms with E-state index < -0.39 is 0 Å². The molecule has 0 N–H and O–H groups in total. The summed E-state index contributed by atoms with van der Waals surface area (Å²) in [5, 5.41) is 8.11. The summed E-state index contributed by atoms with van der Waals surface area (Å²) in [6.45, 7) is 0.133. The number of rotatable bonds is 6. The van der Waals surface area contributed by atoms with Crippen LogP contribution in [-0.4, -0.2) is 13.4 Å². The predicted molar refractivity (Wildman–Crippen MR) is 334 cm³/mol. The van der Waals surface area contributed by atoms with Crippen molar-refractivity contribution in [1.29, 1.82) is 0 Å². The van der Waals surface area contributed by atoms with Crippen LogP contribution in [0.3, 0.4) is 0 Å². The second kappa shape index (κ2) is 15.9. The second-order valence-corrected chi connectivity index (χ2v) is 22.0. The standard InChI is InChI=1S/C76H44B2/c1-5-21-45(22-6-1)49-31-17-32-50(46-23-7-2-8-24-46)69(49)61-41-59-57-37-19-35-55-53-29-14-16-40-66(53)78(75(55)57)68-44-64-62(70-51(47-25-9-3-10-26-47)33-18-34-52(70)48-27-11-4-12-28-48)42-60-58-38-20-36-56-54-30-13-15-39-65(54)77(76(56)58)67-43-63(61)73(71(59)68)74(64)72(60)67/h1-44H. The average molecular weight is 979 g/mol. The lowest BCUT2D eigenvalue weighted by Crippen LogP contribution is -2.52. The summed E-state index contributed by atoms with van der Waals surface area (Å²) in [5.41, 5.74) is 34.0. The third kappa shape index (κ3) is 5.61. The van der Waals surface area contributed by atoms with Gasteiger partial charge < -0.3 is 0 Å². The van der Waals surface area contributed by atoms with Gasteiger partial charge in [-0.15, -0.1) is 0 Å². The van der Waals surface area contributed by atoms with Crippen molar-refractivity contribution >= 4 is 78.5 Å². The van der Waals surface area contributed by atoms with Crippen LogP contribution in [0.1, 0.15) is 0 Å². The summed E-state index contributed by atoms with van der Waals surface area (Å²) in [7, 11) is 0. The molecule has 2 heteroatoms. The van der Waals surface area contributed by atoms with Gasteiger partial charge in [0.15, 0.2) is 0 Å². The molecule has 0 spiro atoms. The van der Waals surface area contributed by atoms with Gasteiger partial charge in [0.25, 0.3) is 0 Å². The van der Waals surface area contributed by atoms with Crippen molar-refractivity contribution in [3.05, 3.63) is 267 Å². The van der Waals surface area contributed by atoms with Crippen LogP contribution in [0.5, 0.6) is 0 Å². The van der Waals surface area contributed by atoms with Gasteiger partial charge in [-0.3, -0.25) is 0 Å². The van der Waals surface area contributed by atoms with Gasteiger partial charge >= 0.3 is 0 Å². The fraction of sp³-hybridized carbons (Fsp3) is 0. The van der Waals surface area contributed by atoms with Gasteiger partial charge in [0.1, 0.15) is 0 Å². The monoisotopic (exact) mass is 978 g/mol. The van der Waals surface area contributed by atoms with Gasteiger partial charge in [-0.05, 0) is 156 Å². The van der Waals surface area contributed by atoms with Crippen LogP contribution >= 0.6 is 0 Å². The van der Waals surface area contributed by atoms with Gasteiger partial charge in [-0.2, -0.15) is 0 Å². The molecular weight excluding hydrogens is 934 g/mol. The lowest BCUT2D eigenvalue weighted by Gasteiger charge is -2.33. The molecule has 4 aliphatic heterocycles. The summed E-state index contributed by atoms with van der Waals surface area (Å²) in [5.74, 6) is 0. The molecule has 0 aromatic heterocycles. The van der Waals surface area contributed by atoms with Crippen molar-refractivity contribution in [3.63, 3.8) is 0 Å². The van der Waals surface area contributed by atoms with E-state index in [2.05, 4.69) is 267 Å². The van der Waals surface area contributed by atoms with E-state index in [-0.39, 0.29) is 13.4 Å². The Bertz CT molecular complexity index is 4460. The Morgan fingerprint density at radius 3 is 0.808 bits per heavy atom. The quantitative estimate of drug-likeness (QED) is 0.115. The third-order valence-corrected chi connectivity index (χ3v) is 18.3. The van der Waals surface area contributed by atoms with E-state index in [1.807, 2.05) is 0 Å². The molecule has 0 atom stereocenters. The van der Waals surface area contributed by atoms with Crippen molar-refractivity contribution in [2.24, 2.45) is 0 Å². The first-order valence-corrected chi connectivity index (χ1v) is 27.6. The molecule has 0 saturated heterocycles. The van der Waals surface area contributed by atoms with Gasteiger partial charge in [0.2, 0.25) is 13.4 Å². The molecule has 78 heavy (non-hydrogen) atoms. The van der Waals surface area contributed by atoms with Crippen LogP contribution in [0, 0.1) is 0 Å². The highest BCUT2D eigenvalue weighted by Gasteiger charge is 2.45. The SMILES string of the molecule is c1ccc(-c2cccc(-c3ccccc3)c2-c2cc3c4c(cc5c(-c6c(-c7ccccc7)cccc6-c6ccccc6)cc6c7c(cc2c4c57)B2c4ccccc4-c4cccc-6c42)B2c4ccccc4-c4cccc-3c42)cc1. The number of hydrogen-bond acceptors (Lipinski definition) is 0. The van der Waals surface area contributed by atoms with Crippen LogP contribution in [0.15, 0.2) is 267 Å². The molecule has 14 aromatic carbocycles. The van der Waals surface area contributed by atoms with E-state index in [9.17, 15) is 0 Å². The highest BCUT2D eigenvalue weighted by atomic mass is 14.4. The van der Waals surface area contributed by atoms with Crippen LogP contribution in [0.4, 0.5) is 0 Å². The Balaban J connectivity index is 1.11. The molecule has 0 radical (unpaired) electrons. The van der Waals surface area contributed by atoms with Crippen molar-refractivity contribution in [1.82, 2.24) is 0 Å². The van der Waals surface area contributed by atoms with Gasteiger partial charge in [0.05, 0.1) is 0 Å². The molecule has 0 bridgehead atoms. The van der Waals surface area contributed by atoms with E-state index in [1.165, 1.54) is 176 Å². The summed E-state index contributed by atoms with van der Waals surface area (Å²) in [4.78, 5) is 0. The molecular formula is C76H44B2. The van der Waals surface area contributed by atoms with Crippen molar-refractivity contribution in [3.8, 4) is 111 Å². The fourth-order valence-electron chi connectivity index (χ4n) is 15.3. The lowest BCUT2D eigenvalue weighted by molar-refractivity contribution is 1.57. The minimum absolute atomic E-state index is 0.0664. The Morgan fingerprint density at radius 2 is 0.462 bits per heavy atom. The smallest absolute Gasteiger partial charge is 0.0664 e. The molecule has 0 nitrogen and oxygen atoms in total. The van der Waals surface area contributed by atoms with Crippen molar-refractivity contribution in [2.45, 2.75) is 0 Å². The number of fused-ring (bicyclic) bond motifs is 10. The molecule has 14 aromatic rings. The zero-order valence-corrected chi connectivity index (χ0v) is 42.6.